The molecular weight excluding hydrogens is 388 g/mol. The van der Waals surface area contributed by atoms with Crippen LogP contribution in [0.2, 0.25) is 0 Å². The van der Waals surface area contributed by atoms with Crippen LogP contribution < -0.4 is 0 Å². The van der Waals surface area contributed by atoms with Crippen molar-refractivity contribution in [1.82, 2.24) is 14.8 Å². The van der Waals surface area contributed by atoms with Crippen LogP contribution in [0.3, 0.4) is 0 Å². The van der Waals surface area contributed by atoms with Gasteiger partial charge < -0.3 is 4.57 Å². The zero-order valence-corrected chi connectivity index (χ0v) is 16.6. The zero-order valence-electron chi connectivity index (χ0n) is 15.8. The Morgan fingerprint density at radius 1 is 0.793 bits per heavy atom. The Morgan fingerprint density at radius 3 is 1.90 bits per heavy atom. The fourth-order valence-electron chi connectivity index (χ4n) is 3.11. The first-order valence-electron chi connectivity index (χ1n) is 9.21. The summed E-state index contributed by atoms with van der Waals surface area (Å²) in [5, 5.41) is 9.20. The maximum atomic E-state index is 13.5. The number of rotatable bonds is 6. The lowest BCUT2D eigenvalue weighted by atomic mass is 10.0. The van der Waals surface area contributed by atoms with E-state index >= 15 is 0 Å². The third-order valence-corrected chi connectivity index (χ3v) is 5.95. The summed E-state index contributed by atoms with van der Waals surface area (Å²) in [6.07, 6.45) is 0. The topological polar surface area (TPSA) is 30.7 Å². The van der Waals surface area contributed by atoms with Gasteiger partial charge >= 0.3 is 0 Å². The predicted molar refractivity (Wildman–Crippen MR) is 111 cm³/mol. The lowest BCUT2D eigenvalue weighted by Crippen LogP contribution is -2.06. The average Bonchev–Trinajstić information content (AvgIpc) is 3.08. The molecule has 0 amide bonds. The monoisotopic (exact) mass is 407 g/mol. The van der Waals surface area contributed by atoms with Gasteiger partial charge in [0.05, 0.1) is 11.8 Å². The summed E-state index contributed by atoms with van der Waals surface area (Å²) in [6, 6.07) is 22.9. The Morgan fingerprint density at radius 2 is 1.34 bits per heavy atom. The van der Waals surface area contributed by atoms with Crippen molar-refractivity contribution >= 4 is 11.8 Å². The van der Waals surface area contributed by atoms with E-state index in [0.717, 1.165) is 27.7 Å². The Balaban J connectivity index is 1.70. The Bertz CT molecular complexity index is 1030. The van der Waals surface area contributed by atoms with Gasteiger partial charge in [0.1, 0.15) is 17.5 Å². The van der Waals surface area contributed by atoms with Gasteiger partial charge in [0.25, 0.3) is 0 Å². The summed E-state index contributed by atoms with van der Waals surface area (Å²) >= 11 is 1.52. The molecule has 0 radical (unpaired) electrons. The maximum Gasteiger partial charge on any atom is 0.192 e. The molecule has 0 atom stereocenters. The summed E-state index contributed by atoms with van der Waals surface area (Å²) in [7, 11) is 0. The fraction of sp³-hybridized carbons (Fsp3) is 0.130. The van der Waals surface area contributed by atoms with E-state index in [1.54, 1.807) is 24.3 Å². The van der Waals surface area contributed by atoms with Crippen LogP contribution in [0, 0.1) is 18.6 Å². The molecule has 3 nitrogen and oxygen atoms in total. The highest BCUT2D eigenvalue weighted by Crippen LogP contribution is 2.40. The molecule has 4 rings (SSSR count). The molecule has 1 heterocycles. The summed E-state index contributed by atoms with van der Waals surface area (Å²) in [5.74, 6) is 0.229. The van der Waals surface area contributed by atoms with Crippen molar-refractivity contribution in [3.8, 4) is 0 Å². The first-order valence-corrected chi connectivity index (χ1v) is 10.1. The second-order valence-electron chi connectivity index (χ2n) is 6.70. The fourth-order valence-corrected chi connectivity index (χ4v) is 4.31. The minimum atomic E-state index is -0.292. The summed E-state index contributed by atoms with van der Waals surface area (Å²) in [6.45, 7) is 2.58. The van der Waals surface area contributed by atoms with Crippen molar-refractivity contribution in [2.45, 2.75) is 23.9 Å². The van der Waals surface area contributed by atoms with Crippen LogP contribution >= 0.6 is 11.8 Å². The van der Waals surface area contributed by atoms with Crippen LogP contribution in [0.25, 0.3) is 0 Å². The van der Waals surface area contributed by atoms with Gasteiger partial charge in [-0.25, -0.2) is 8.78 Å². The van der Waals surface area contributed by atoms with Crippen LogP contribution in [-0.4, -0.2) is 14.8 Å². The Labute approximate surface area is 172 Å². The number of benzene rings is 3. The molecular formula is C23H19F2N3S. The quantitative estimate of drug-likeness (QED) is 0.379. The average molecular weight is 407 g/mol. The molecule has 0 spiro atoms. The van der Waals surface area contributed by atoms with Gasteiger partial charge in [-0.2, -0.15) is 0 Å². The lowest BCUT2D eigenvalue weighted by molar-refractivity contribution is 0.626. The van der Waals surface area contributed by atoms with E-state index in [2.05, 4.69) is 26.9 Å². The highest BCUT2D eigenvalue weighted by atomic mass is 32.2. The molecule has 0 aliphatic heterocycles. The zero-order chi connectivity index (χ0) is 20.2. The number of aryl methyl sites for hydroxylation is 1. The van der Waals surface area contributed by atoms with Crippen molar-refractivity contribution in [3.05, 3.63) is 113 Å². The van der Waals surface area contributed by atoms with Gasteiger partial charge in [-0.15, -0.1) is 10.2 Å². The minimum Gasteiger partial charge on any atom is -0.302 e. The lowest BCUT2D eigenvalue weighted by Gasteiger charge is -2.18. The maximum absolute atomic E-state index is 13.5. The van der Waals surface area contributed by atoms with Crippen LogP contribution in [0.5, 0.6) is 0 Å². The van der Waals surface area contributed by atoms with Gasteiger partial charge in [0.15, 0.2) is 5.16 Å². The predicted octanol–water partition coefficient (Wildman–Crippen LogP) is 5.79. The molecule has 4 aromatic rings. The van der Waals surface area contributed by atoms with Crippen molar-refractivity contribution in [2.24, 2.45) is 0 Å². The third-order valence-electron chi connectivity index (χ3n) is 4.65. The van der Waals surface area contributed by atoms with Gasteiger partial charge in [0, 0.05) is 0 Å². The molecule has 0 N–H and O–H groups in total. The Hall–Kier alpha value is -2.99. The molecule has 0 saturated heterocycles. The van der Waals surface area contributed by atoms with E-state index in [-0.39, 0.29) is 16.9 Å². The van der Waals surface area contributed by atoms with Gasteiger partial charge in [-0.1, -0.05) is 66.4 Å². The molecule has 3 aromatic carbocycles. The first-order chi connectivity index (χ1) is 14.1. The van der Waals surface area contributed by atoms with Crippen LogP contribution in [0.1, 0.15) is 27.8 Å². The minimum absolute atomic E-state index is 0.172. The highest BCUT2D eigenvalue weighted by molar-refractivity contribution is 7.99. The second kappa shape index (κ2) is 8.57. The molecule has 6 heteroatoms. The number of hydrogen-bond donors (Lipinski definition) is 0. The summed E-state index contributed by atoms with van der Waals surface area (Å²) < 4.78 is 29.0. The number of thioether (sulfide) groups is 1. The largest absolute Gasteiger partial charge is 0.302 e. The molecule has 1 aromatic heterocycles. The number of hydrogen-bond acceptors (Lipinski definition) is 3. The number of nitrogens with zero attached hydrogens (tertiary/aromatic N) is 3. The molecule has 146 valence electrons. The third kappa shape index (κ3) is 4.54. The SMILES string of the molecule is Cc1nnc(SC(c2ccc(F)cc2)c2ccc(F)cc2)n1Cc1ccccc1. The Kier molecular flexibility index (Phi) is 5.71. The van der Waals surface area contributed by atoms with Gasteiger partial charge in [-0.3, -0.25) is 0 Å². The van der Waals surface area contributed by atoms with Crippen molar-refractivity contribution < 1.29 is 8.78 Å². The van der Waals surface area contributed by atoms with E-state index < -0.39 is 0 Å². The molecule has 0 bridgehead atoms. The smallest absolute Gasteiger partial charge is 0.192 e. The van der Waals surface area contributed by atoms with Crippen molar-refractivity contribution in [2.75, 3.05) is 0 Å². The normalized spacial score (nSPS) is 11.2. The van der Waals surface area contributed by atoms with Crippen LogP contribution in [0.15, 0.2) is 84.0 Å². The molecule has 0 fully saturated rings. The second-order valence-corrected chi connectivity index (χ2v) is 7.77. The van der Waals surface area contributed by atoms with Crippen LogP contribution in [-0.2, 0) is 6.54 Å². The van der Waals surface area contributed by atoms with E-state index in [4.69, 9.17) is 0 Å². The van der Waals surface area contributed by atoms with E-state index in [9.17, 15) is 8.78 Å². The summed E-state index contributed by atoms with van der Waals surface area (Å²) in [4.78, 5) is 0. The number of aromatic nitrogens is 3. The van der Waals surface area contributed by atoms with E-state index in [1.807, 2.05) is 25.1 Å². The number of halogens is 2. The standard InChI is InChI=1S/C23H19F2N3S/c1-16-26-27-23(28(16)15-17-5-3-2-4-6-17)29-22(18-7-11-20(24)12-8-18)19-9-13-21(25)14-10-19/h2-14,22H,15H2,1H3. The van der Waals surface area contributed by atoms with E-state index in [1.165, 1.54) is 36.0 Å². The van der Waals surface area contributed by atoms with Gasteiger partial charge in [-0.05, 0) is 47.9 Å². The molecule has 29 heavy (non-hydrogen) atoms. The van der Waals surface area contributed by atoms with Crippen molar-refractivity contribution in [1.29, 1.82) is 0 Å². The highest BCUT2D eigenvalue weighted by Gasteiger charge is 2.21. The summed E-state index contributed by atoms with van der Waals surface area (Å²) in [5.41, 5.74) is 2.97. The van der Waals surface area contributed by atoms with Crippen LogP contribution in [0.4, 0.5) is 8.78 Å². The van der Waals surface area contributed by atoms with Crippen molar-refractivity contribution in [3.63, 3.8) is 0 Å². The molecule has 0 saturated carbocycles. The molecule has 0 unspecified atom stereocenters. The first kappa shape index (κ1) is 19.3. The molecule has 0 aliphatic rings. The van der Waals surface area contributed by atoms with E-state index in [0.29, 0.717) is 6.54 Å². The molecule has 0 aliphatic carbocycles. The van der Waals surface area contributed by atoms with Gasteiger partial charge in [0.2, 0.25) is 0 Å².